The predicted octanol–water partition coefficient (Wildman–Crippen LogP) is 4.42. The minimum Gasteiger partial charge on any atom is -0.481 e. The summed E-state index contributed by atoms with van der Waals surface area (Å²) in [6.07, 6.45) is 2.61. The second-order valence-corrected chi connectivity index (χ2v) is 8.20. The van der Waals surface area contributed by atoms with Crippen LogP contribution in [0.15, 0.2) is 42.6 Å². The van der Waals surface area contributed by atoms with Gasteiger partial charge in [0.2, 0.25) is 5.88 Å². The van der Waals surface area contributed by atoms with Crippen LogP contribution < -0.4 is 15.4 Å². The van der Waals surface area contributed by atoms with E-state index in [1.807, 2.05) is 12.1 Å². The number of nitrogens with one attached hydrogen (secondary N) is 3. The van der Waals surface area contributed by atoms with Crippen LogP contribution in [0.2, 0.25) is 0 Å². The van der Waals surface area contributed by atoms with E-state index in [1.165, 1.54) is 6.07 Å². The van der Waals surface area contributed by atoms with Gasteiger partial charge in [0.15, 0.2) is 0 Å². The smallest absolute Gasteiger partial charge is 0.255 e. The molecule has 0 bridgehead atoms. The van der Waals surface area contributed by atoms with Gasteiger partial charge in [0.25, 0.3) is 5.91 Å². The third-order valence-electron chi connectivity index (χ3n) is 6.30. The van der Waals surface area contributed by atoms with Gasteiger partial charge in [0.1, 0.15) is 11.3 Å². The van der Waals surface area contributed by atoms with E-state index < -0.39 is 0 Å². The number of pyridine rings is 2. The number of hydrogen-bond acceptors (Lipinski definition) is 5. The summed E-state index contributed by atoms with van der Waals surface area (Å²) < 4.78 is 19.6. The number of aromatic nitrogens is 3. The second kappa shape index (κ2) is 6.78. The Balaban J connectivity index is 1.61. The fourth-order valence-corrected chi connectivity index (χ4v) is 4.47. The van der Waals surface area contributed by atoms with E-state index in [0.717, 1.165) is 23.4 Å². The van der Waals surface area contributed by atoms with E-state index in [9.17, 15) is 9.18 Å². The summed E-state index contributed by atoms with van der Waals surface area (Å²) >= 11 is 0. The van der Waals surface area contributed by atoms with Crippen molar-refractivity contribution in [3.05, 3.63) is 65.2 Å². The molecule has 160 valence electrons. The molecule has 7 nitrogen and oxygen atoms in total. The SMILES string of the molecule is COc1ccc2nccc(-c3[nH]c4c(c3Nc3cccc(F)c3C)C(=O)N[C@@H]3C[C@H]43)c2n1. The molecule has 1 fully saturated rings. The maximum atomic E-state index is 14.2. The number of fused-ring (bicyclic) bond motifs is 4. The van der Waals surface area contributed by atoms with Gasteiger partial charge >= 0.3 is 0 Å². The quantitative estimate of drug-likeness (QED) is 0.447. The molecule has 0 radical (unpaired) electrons. The Hall–Kier alpha value is -3.94. The summed E-state index contributed by atoms with van der Waals surface area (Å²) in [5, 5.41) is 6.40. The number of carbonyl (C=O) groups is 1. The van der Waals surface area contributed by atoms with Crippen molar-refractivity contribution in [1.82, 2.24) is 20.3 Å². The van der Waals surface area contributed by atoms with Crippen LogP contribution in [0.5, 0.6) is 5.88 Å². The monoisotopic (exact) mass is 429 g/mol. The summed E-state index contributed by atoms with van der Waals surface area (Å²) in [5.41, 5.74) is 6.01. The molecule has 4 heterocycles. The Morgan fingerprint density at radius 2 is 2.09 bits per heavy atom. The van der Waals surface area contributed by atoms with Crippen LogP contribution in [0.4, 0.5) is 15.8 Å². The fraction of sp³-hybridized carbons (Fsp3) is 0.208. The molecule has 3 N–H and O–H groups in total. The number of nitrogens with zero attached hydrogens (tertiary/aromatic N) is 2. The lowest BCUT2D eigenvalue weighted by Crippen LogP contribution is -2.31. The highest BCUT2D eigenvalue weighted by atomic mass is 19.1. The van der Waals surface area contributed by atoms with Crippen molar-refractivity contribution < 1.29 is 13.9 Å². The van der Waals surface area contributed by atoms with Crippen molar-refractivity contribution >= 4 is 28.3 Å². The normalized spacial score (nSPS) is 18.7. The van der Waals surface area contributed by atoms with E-state index in [1.54, 1.807) is 38.4 Å². The lowest BCUT2D eigenvalue weighted by Gasteiger charge is -2.16. The first-order valence-corrected chi connectivity index (χ1v) is 10.4. The molecule has 0 saturated heterocycles. The number of H-pyrrole nitrogens is 1. The summed E-state index contributed by atoms with van der Waals surface area (Å²) in [6.45, 7) is 1.71. The minimum absolute atomic E-state index is 0.137. The van der Waals surface area contributed by atoms with Crippen molar-refractivity contribution in [2.24, 2.45) is 0 Å². The van der Waals surface area contributed by atoms with Crippen LogP contribution in [0.25, 0.3) is 22.3 Å². The zero-order valence-corrected chi connectivity index (χ0v) is 17.5. The van der Waals surface area contributed by atoms with Crippen LogP contribution in [0, 0.1) is 12.7 Å². The van der Waals surface area contributed by atoms with Gasteiger partial charge in [-0.05, 0) is 37.6 Å². The molecule has 1 aliphatic carbocycles. The second-order valence-electron chi connectivity index (χ2n) is 8.20. The van der Waals surface area contributed by atoms with E-state index in [2.05, 4.69) is 25.6 Å². The van der Waals surface area contributed by atoms with Crippen LogP contribution in [-0.4, -0.2) is 34.0 Å². The number of hydrogen-bond donors (Lipinski definition) is 3. The molecular formula is C24H20FN5O2. The van der Waals surface area contributed by atoms with Gasteiger partial charge in [-0.15, -0.1) is 0 Å². The minimum atomic E-state index is -0.312. The number of methoxy groups -OCH3 is 1. The molecule has 32 heavy (non-hydrogen) atoms. The number of carbonyl (C=O) groups excluding carboxylic acids is 1. The molecule has 8 heteroatoms. The van der Waals surface area contributed by atoms with Crippen molar-refractivity contribution in [3.8, 4) is 17.1 Å². The first-order chi connectivity index (χ1) is 15.5. The standard InChI is InChI=1S/C24H20FN5O2/c1-11-14(25)4-3-5-15(11)27-23-19-21(13-10-17(13)28-24(19)31)30-22(23)12-8-9-26-16-6-7-18(32-2)29-20(12)16/h3-9,13,17,27,30H,10H2,1-2H3,(H,28,31)/t13-,17+/m0/s1. The topological polar surface area (TPSA) is 91.9 Å². The third-order valence-corrected chi connectivity index (χ3v) is 6.30. The zero-order chi connectivity index (χ0) is 22.0. The van der Waals surface area contributed by atoms with Gasteiger partial charge in [-0.3, -0.25) is 9.78 Å². The summed E-state index contributed by atoms with van der Waals surface area (Å²) in [7, 11) is 1.56. The van der Waals surface area contributed by atoms with E-state index in [4.69, 9.17) is 4.74 Å². The predicted molar refractivity (Wildman–Crippen MR) is 119 cm³/mol. The molecule has 2 atom stereocenters. The lowest BCUT2D eigenvalue weighted by atomic mass is 10.0. The number of benzene rings is 1. The van der Waals surface area contributed by atoms with Gasteiger partial charge in [0, 0.05) is 46.7 Å². The average molecular weight is 429 g/mol. The van der Waals surface area contributed by atoms with Gasteiger partial charge in [0.05, 0.1) is 29.6 Å². The Bertz CT molecular complexity index is 1410. The highest BCUT2D eigenvalue weighted by Crippen LogP contribution is 2.50. The van der Waals surface area contributed by atoms with Crippen molar-refractivity contribution in [2.75, 3.05) is 12.4 Å². The first kappa shape index (κ1) is 18.8. The molecule has 6 rings (SSSR count). The maximum absolute atomic E-state index is 14.2. The number of amides is 1. The summed E-state index contributed by atoms with van der Waals surface area (Å²) in [4.78, 5) is 25.5. The molecular weight excluding hydrogens is 409 g/mol. The molecule has 0 spiro atoms. The van der Waals surface area contributed by atoms with Crippen LogP contribution in [0.1, 0.15) is 34.0 Å². The lowest BCUT2D eigenvalue weighted by molar-refractivity contribution is 0.0944. The molecule has 3 aromatic heterocycles. The van der Waals surface area contributed by atoms with E-state index >= 15 is 0 Å². The van der Waals surface area contributed by atoms with E-state index in [-0.39, 0.29) is 23.7 Å². The van der Waals surface area contributed by atoms with Gasteiger partial charge in [-0.2, -0.15) is 0 Å². The number of anilines is 2. The van der Waals surface area contributed by atoms with Crippen molar-refractivity contribution in [1.29, 1.82) is 0 Å². The van der Waals surface area contributed by atoms with Crippen molar-refractivity contribution in [2.45, 2.75) is 25.3 Å². The molecule has 0 unspecified atom stereocenters. The maximum Gasteiger partial charge on any atom is 0.255 e. The average Bonchev–Trinajstić information content (AvgIpc) is 3.48. The number of ether oxygens (including phenoxy) is 1. The Morgan fingerprint density at radius 1 is 1.22 bits per heavy atom. The summed E-state index contributed by atoms with van der Waals surface area (Å²) in [6, 6.07) is 10.5. The van der Waals surface area contributed by atoms with Gasteiger partial charge in [-0.25, -0.2) is 9.37 Å². The van der Waals surface area contributed by atoms with Gasteiger partial charge < -0.3 is 20.4 Å². The molecule has 1 aromatic carbocycles. The van der Waals surface area contributed by atoms with Crippen LogP contribution >= 0.6 is 0 Å². The molecule has 2 aliphatic rings. The Kier molecular flexibility index (Phi) is 3.98. The first-order valence-electron chi connectivity index (χ1n) is 10.4. The highest BCUT2D eigenvalue weighted by molar-refractivity contribution is 6.09. The molecule has 4 aromatic rings. The largest absolute Gasteiger partial charge is 0.481 e. The third kappa shape index (κ3) is 2.76. The number of aromatic amines is 1. The zero-order valence-electron chi connectivity index (χ0n) is 17.5. The molecule has 1 aliphatic heterocycles. The highest BCUT2D eigenvalue weighted by Gasteiger charge is 2.48. The van der Waals surface area contributed by atoms with Crippen LogP contribution in [-0.2, 0) is 0 Å². The number of rotatable bonds is 4. The van der Waals surface area contributed by atoms with Gasteiger partial charge in [-0.1, -0.05) is 6.07 Å². The Labute approximate surface area is 183 Å². The number of halogens is 1. The summed E-state index contributed by atoms with van der Waals surface area (Å²) in [5.74, 6) is 0.273. The molecule has 1 saturated carbocycles. The molecule has 1 amide bonds. The van der Waals surface area contributed by atoms with Crippen molar-refractivity contribution in [3.63, 3.8) is 0 Å². The Morgan fingerprint density at radius 3 is 2.94 bits per heavy atom. The fourth-order valence-electron chi connectivity index (χ4n) is 4.47. The van der Waals surface area contributed by atoms with E-state index in [0.29, 0.717) is 39.4 Å². The van der Waals surface area contributed by atoms with Crippen LogP contribution in [0.3, 0.4) is 0 Å².